The Morgan fingerprint density at radius 2 is 1.81 bits per heavy atom. The summed E-state index contributed by atoms with van der Waals surface area (Å²) in [5.41, 5.74) is 7.60. The first-order valence-electron chi connectivity index (χ1n) is 8.07. The molecule has 114 valence electrons. The van der Waals surface area contributed by atoms with Crippen LogP contribution in [-0.2, 0) is 17.8 Å². The number of hydrogen-bond acceptors (Lipinski definition) is 1. The van der Waals surface area contributed by atoms with Crippen molar-refractivity contribution in [3.63, 3.8) is 0 Å². The molecule has 0 atom stereocenters. The van der Waals surface area contributed by atoms with E-state index in [-0.39, 0.29) is 5.91 Å². The number of benzene rings is 1. The Hall–Kier alpha value is -1.77. The molecule has 0 fully saturated rings. The SMILES string of the molecule is CCCCCCCCn1cc(CC(N)=O)c2ccccc21. The molecular weight excluding hydrogens is 260 g/mol. The van der Waals surface area contributed by atoms with E-state index in [0.29, 0.717) is 6.42 Å². The lowest BCUT2D eigenvalue weighted by atomic mass is 10.1. The van der Waals surface area contributed by atoms with Gasteiger partial charge in [-0.3, -0.25) is 4.79 Å². The predicted octanol–water partition coefficient (Wildman–Crippen LogP) is 4.03. The zero-order valence-corrected chi connectivity index (χ0v) is 13.0. The lowest BCUT2D eigenvalue weighted by molar-refractivity contribution is -0.117. The topological polar surface area (TPSA) is 48.0 Å². The first-order chi connectivity index (χ1) is 10.2. The number of hydrogen-bond donors (Lipinski definition) is 1. The average Bonchev–Trinajstić information content (AvgIpc) is 2.81. The Bertz CT molecular complexity index is 586. The smallest absolute Gasteiger partial charge is 0.221 e. The molecule has 3 heteroatoms. The van der Waals surface area contributed by atoms with Gasteiger partial charge in [-0.05, 0) is 18.1 Å². The van der Waals surface area contributed by atoms with Crippen LogP contribution < -0.4 is 5.73 Å². The van der Waals surface area contributed by atoms with Crippen molar-refractivity contribution in [1.82, 2.24) is 4.57 Å². The molecular formula is C18H26N2O. The number of carbonyl (C=O) groups is 1. The first-order valence-corrected chi connectivity index (χ1v) is 8.07. The van der Waals surface area contributed by atoms with Crippen LogP contribution in [-0.4, -0.2) is 10.5 Å². The van der Waals surface area contributed by atoms with Gasteiger partial charge in [-0.25, -0.2) is 0 Å². The van der Waals surface area contributed by atoms with E-state index in [1.54, 1.807) is 0 Å². The van der Waals surface area contributed by atoms with Gasteiger partial charge in [0.25, 0.3) is 0 Å². The third-order valence-electron chi connectivity index (χ3n) is 3.99. The lowest BCUT2D eigenvalue weighted by Crippen LogP contribution is -2.13. The summed E-state index contributed by atoms with van der Waals surface area (Å²) in [6.45, 7) is 3.26. The molecule has 0 saturated carbocycles. The molecule has 2 aromatic rings. The predicted molar refractivity (Wildman–Crippen MR) is 88.2 cm³/mol. The summed E-state index contributed by atoms with van der Waals surface area (Å²) in [6, 6.07) is 8.26. The maximum absolute atomic E-state index is 11.2. The van der Waals surface area contributed by atoms with Gasteiger partial charge in [0, 0.05) is 23.6 Å². The molecule has 0 aliphatic rings. The maximum Gasteiger partial charge on any atom is 0.221 e. The molecule has 1 amide bonds. The van der Waals surface area contributed by atoms with Gasteiger partial charge in [0.05, 0.1) is 6.42 Å². The summed E-state index contributed by atoms with van der Waals surface area (Å²) < 4.78 is 2.27. The van der Waals surface area contributed by atoms with Crippen LogP contribution in [0, 0.1) is 0 Å². The van der Waals surface area contributed by atoms with Crippen molar-refractivity contribution in [3.8, 4) is 0 Å². The molecule has 1 heterocycles. The van der Waals surface area contributed by atoms with Crippen LogP contribution in [0.15, 0.2) is 30.5 Å². The van der Waals surface area contributed by atoms with E-state index in [9.17, 15) is 4.79 Å². The van der Waals surface area contributed by atoms with E-state index >= 15 is 0 Å². The van der Waals surface area contributed by atoms with Gasteiger partial charge >= 0.3 is 0 Å². The summed E-state index contributed by atoms with van der Waals surface area (Å²) in [5.74, 6) is -0.266. The fourth-order valence-electron chi connectivity index (χ4n) is 2.90. The quantitative estimate of drug-likeness (QED) is 0.695. The van der Waals surface area contributed by atoms with Gasteiger partial charge in [-0.2, -0.15) is 0 Å². The highest BCUT2D eigenvalue weighted by molar-refractivity contribution is 5.88. The molecule has 0 spiro atoms. The summed E-state index contributed by atoms with van der Waals surface area (Å²) >= 11 is 0. The third-order valence-corrected chi connectivity index (χ3v) is 3.99. The minimum Gasteiger partial charge on any atom is -0.369 e. The Morgan fingerprint density at radius 1 is 1.10 bits per heavy atom. The molecule has 0 aliphatic heterocycles. The minimum atomic E-state index is -0.266. The second-order valence-electron chi connectivity index (χ2n) is 5.78. The minimum absolute atomic E-state index is 0.266. The van der Waals surface area contributed by atoms with Crippen LogP contribution in [0.2, 0.25) is 0 Å². The van der Waals surface area contributed by atoms with E-state index < -0.39 is 0 Å². The molecule has 21 heavy (non-hydrogen) atoms. The van der Waals surface area contributed by atoms with Crippen molar-refractivity contribution in [2.24, 2.45) is 5.73 Å². The van der Waals surface area contributed by atoms with Crippen LogP contribution in [0.5, 0.6) is 0 Å². The Morgan fingerprint density at radius 3 is 2.57 bits per heavy atom. The number of fused-ring (bicyclic) bond motifs is 1. The fourth-order valence-corrected chi connectivity index (χ4v) is 2.90. The van der Waals surface area contributed by atoms with Crippen molar-refractivity contribution < 1.29 is 4.79 Å². The molecule has 0 bridgehead atoms. The number of rotatable bonds is 9. The molecule has 2 N–H and O–H groups in total. The highest BCUT2D eigenvalue weighted by Crippen LogP contribution is 2.22. The number of para-hydroxylation sites is 1. The number of carbonyl (C=O) groups excluding carboxylic acids is 1. The zero-order chi connectivity index (χ0) is 15.1. The van der Waals surface area contributed by atoms with Gasteiger partial charge in [0.15, 0.2) is 0 Å². The van der Waals surface area contributed by atoms with Crippen LogP contribution >= 0.6 is 0 Å². The Labute approximate surface area is 127 Å². The molecule has 3 nitrogen and oxygen atoms in total. The Balaban J connectivity index is 2.00. The van der Waals surface area contributed by atoms with Crippen molar-refractivity contribution in [3.05, 3.63) is 36.0 Å². The van der Waals surface area contributed by atoms with Gasteiger partial charge in [-0.1, -0.05) is 57.2 Å². The van der Waals surface area contributed by atoms with Crippen LogP contribution in [0.4, 0.5) is 0 Å². The van der Waals surface area contributed by atoms with E-state index in [4.69, 9.17) is 5.73 Å². The van der Waals surface area contributed by atoms with Crippen molar-refractivity contribution >= 4 is 16.8 Å². The number of amides is 1. The van der Waals surface area contributed by atoms with Crippen molar-refractivity contribution in [2.75, 3.05) is 0 Å². The average molecular weight is 286 g/mol. The molecule has 1 aromatic heterocycles. The second kappa shape index (κ2) is 7.87. The van der Waals surface area contributed by atoms with E-state index in [0.717, 1.165) is 17.5 Å². The van der Waals surface area contributed by atoms with Gasteiger partial charge < -0.3 is 10.3 Å². The van der Waals surface area contributed by atoms with Gasteiger partial charge in [0.1, 0.15) is 0 Å². The zero-order valence-electron chi connectivity index (χ0n) is 13.0. The maximum atomic E-state index is 11.2. The highest BCUT2D eigenvalue weighted by Gasteiger charge is 2.09. The van der Waals surface area contributed by atoms with E-state index in [1.807, 2.05) is 12.1 Å². The molecule has 0 radical (unpaired) electrons. The molecule has 0 saturated heterocycles. The summed E-state index contributed by atoms with van der Waals surface area (Å²) in [7, 11) is 0. The molecule has 0 aliphatic carbocycles. The van der Waals surface area contributed by atoms with Crippen molar-refractivity contribution in [1.29, 1.82) is 0 Å². The van der Waals surface area contributed by atoms with Crippen LogP contribution in [0.25, 0.3) is 10.9 Å². The number of unbranched alkanes of at least 4 members (excludes halogenated alkanes) is 5. The first kappa shape index (κ1) is 15.6. The fraction of sp³-hybridized carbons (Fsp3) is 0.500. The number of aryl methyl sites for hydroxylation is 1. The number of aromatic nitrogens is 1. The van der Waals surface area contributed by atoms with E-state index in [1.165, 1.54) is 44.0 Å². The Kier molecular flexibility index (Phi) is 5.85. The van der Waals surface area contributed by atoms with Crippen molar-refractivity contribution in [2.45, 2.75) is 58.4 Å². The number of primary amides is 1. The molecule has 0 unspecified atom stereocenters. The molecule has 1 aromatic carbocycles. The van der Waals surface area contributed by atoms with Crippen LogP contribution in [0.3, 0.4) is 0 Å². The second-order valence-corrected chi connectivity index (χ2v) is 5.78. The van der Waals surface area contributed by atoms with Crippen LogP contribution in [0.1, 0.15) is 51.0 Å². The summed E-state index contributed by atoms with van der Waals surface area (Å²) in [6.07, 6.45) is 10.2. The standard InChI is InChI=1S/C18H26N2O/c1-2-3-4-5-6-9-12-20-14-15(13-18(19)21)16-10-7-8-11-17(16)20/h7-8,10-11,14H,2-6,9,12-13H2,1H3,(H2,19,21). The largest absolute Gasteiger partial charge is 0.369 e. The molecule has 2 rings (SSSR count). The monoisotopic (exact) mass is 286 g/mol. The third kappa shape index (κ3) is 4.35. The van der Waals surface area contributed by atoms with E-state index in [2.05, 4.69) is 29.8 Å². The lowest BCUT2D eigenvalue weighted by Gasteiger charge is -2.05. The highest BCUT2D eigenvalue weighted by atomic mass is 16.1. The number of nitrogens with zero attached hydrogens (tertiary/aromatic N) is 1. The normalized spacial score (nSPS) is 11.1. The van der Waals surface area contributed by atoms with Gasteiger partial charge in [-0.15, -0.1) is 0 Å². The van der Waals surface area contributed by atoms with Gasteiger partial charge in [0.2, 0.25) is 5.91 Å². The number of nitrogens with two attached hydrogens (primary N) is 1. The summed E-state index contributed by atoms with van der Waals surface area (Å²) in [5, 5.41) is 1.15. The summed E-state index contributed by atoms with van der Waals surface area (Å²) in [4.78, 5) is 11.2.